The number of nitrogens with one attached hydrogen (secondary N) is 1. The van der Waals surface area contributed by atoms with Gasteiger partial charge in [0.05, 0.1) is 26.2 Å². The third-order valence-corrected chi connectivity index (χ3v) is 3.86. The van der Waals surface area contributed by atoms with Crippen LogP contribution in [0.5, 0.6) is 5.75 Å². The van der Waals surface area contributed by atoms with Gasteiger partial charge in [-0.25, -0.2) is 0 Å². The Morgan fingerprint density at radius 1 is 1.22 bits per heavy atom. The van der Waals surface area contributed by atoms with Crippen molar-refractivity contribution < 1.29 is 9.64 Å². The van der Waals surface area contributed by atoms with Crippen LogP contribution in [-0.2, 0) is 0 Å². The summed E-state index contributed by atoms with van der Waals surface area (Å²) in [6, 6.07) is 5.80. The standard InChI is InChI=1S/C15H22ClNO/c1-13-12-14(16)6-7-15(13)18-11-5-10-17-8-3-2-4-9-17/h6-7,12H,2-5,8-11H2,1H3/p+1. The van der Waals surface area contributed by atoms with Gasteiger partial charge < -0.3 is 9.64 Å². The predicted molar refractivity (Wildman–Crippen MR) is 75.7 cm³/mol. The molecule has 0 aromatic heterocycles. The Bertz CT molecular complexity index is 375. The number of quaternary nitrogens is 1. The molecule has 100 valence electrons. The molecule has 0 radical (unpaired) electrons. The number of halogens is 1. The SMILES string of the molecule is Cc1cc(Cl)ccc1OCCC[NH+]1CCCCC1. The molecule has 1 aliphatic rings. The van der Waals surface area contributed by atoms with Gasteiger partial charge in [-0.3, -0.25) is 0 Å². The molecule has 1 aliphatic heterocycles. The molecule has 1 saturated heterocycles. The zero-order valence-corrected chi connectivity index (χ0v) is 11.9. The first-order chi connectivity index (χ1) is 8.75. The molecule has 0 bridgehead atoms. The van der Waals surface area contributed by atoms with Gasteiger partial charge in [-0.1, -0.05) is 11.6 Å². The van der Waals surface area contributed by atoms with E-state index in [1.807, 2.05) is 25.1 Å². The van der Waals surface area contributed by atoms with E-state index in [0.29, 0.717) is 0 Å². The van der Waals surface area contributed by atoms with Crippen molar-refractivity contribution >= 4 is 11.6 Å². The summed E-state index contributed by atoms with van der Waals surface area (Å²) in [5.74, 6) is 0.966. The first-order valence-corrected chi connectivity index (χ1v) is 7.36. The molecular formula is C15H23ClNO+. The van der Waals surface area contributed by atoms with E-state index in [4.69, 9.17) is 16.3 Å². The molecular weight excluding hydrogens is 246 g/mol. The van der Waals surface area contributed by atoms with Crippen LogP contribution in [0.1, 0.15) is 31.2 Å². The summed E-state index contributed by atoms with van der Waals surface area (Å²) in [6.45, 7) is 6.79. The normalized spacial score (nSPS) is 16.8. The number of aryl methyl sites for hydroxylation is 1. The van der Waals surface area contributed by atoms with Gasteiger partial charge in [0.2, 0.25) is 0 Å². The molecule has 1 aromatic carbocycles. The van der Waals surface area contributed by atoms with Crippen molar-refractivity contribution in [3.05, 3.63) is 28.8 Å². The highest BCUT2D eigenvalue weighted by Crippen LogP contribution is 2.21. The maximum Gasteiger partial charge on any atom is 0.122 e. The zero-order chi connectivity index (χ0) is 12.8. The molecule has 0 aliphatic carbocycles. The van der Waals surface area contributed by atoms with E-state index in [-0.39, 0.29) is 0 Å². The Kier molecular flexibility index (Phi) is 5.33. The van der Waals surface area contributed by atoms with Crippen LogP contribution >= 0.6 is 11.6 Å². The molecule has 1 N–H and O–H groups in total. The van der Waals surface area contributed by atoms with Crippen molar-refractivity contribution in [1.29, 1.82) is 0 Å². The highest BCUT2D eigenvalue weighted by molar-refractivity contribution is 6.30. The first-order valence-electron chi connectivity index (χ1n) is 6.98. The van der Waals surface area contributed by atoms with Crippen molar-refractivity contribution in [1.82, 2.24) is 0 Å². The van der Waals surface area contributed by atoms with E-state index in [1.54, 1.807) is 4.90 Å². The summed E-state index contributed by atoms with van der Waals surface area (Å²) in [7, 11) is 0. The van der Waals surface area contributed by atoms with Crippen molar-refractivity contribution in [2.75, 3.05) is 26.2 Å². The summed E-state index contributed by atoms with van der Waals surface area (Å²) in [5, 5.41) is 0.776. The van der Waals surface area contributed by atoms with Crippen LogP contribution in [-0.4, -0.2) is 26.2 Å². The minimum atomic E-state index is 0.776. The fourth-order valence-electron chi connectivity index (χ4n) is 2.58. The molecule has 0 atom stereocenters. The fraction of sp³-hybridized carbons (Fsp3) is 0.600. The second kappa shape index (κ2) is 7.01. The number of piperidine rings is 1. The molecule has 2 nitrogen and oxygen atoms in total. The van der Waals surface area contributed by atoms with Gasteiger partial charge in [0.1, 0.15) is 5.75 Å². The number of ether oxygens (including phenoxy) is 1. The maximum absolute atomic E-state index is 5.92. The zero-order valence-electron chi connectivity index (χ0n) is 11.2. The van der Waals surface area contributed by atoms with Crippen LogP contribution in [0.2, 0.25) is 5.02 Å². The molecule has 3 heteroatoms. The third kappa shape index (κ3) is 4.18. The monoisotopic (exact) mass is 268 g/mol. The van der Waals surface area contributed by atoms with Crippen LogP contribution in [0, 0.1) is 6.92 Å². The number of likely N-dealkylation sites (tertiary alicyclic amines) is 1. The molecule has 0 spiro atoms. The number of hydrogen-bond acceptors (Lipinski definition) is 1. The maximum atomic E-state index is 5.92. The van der Waals surface area contributed by atoms with Gasteiger partial charge in [0.25, 0.3) is 0 Å². The highest BCUT2D eigenvalue weighted by Gasteiger charge is 2.12. The molecule has 1 aromatic rings. The summed E-state index contributed by atoms with van der Waals surface area (Å²) in [4.78, 5) is 1.75. The summed E-state index contributed by atoms with van der Waals surface area (Å²) in [5.41, 5.74) is 1.12. The lowest BCUT2D eigenvalue weighted by Gasteiger charge is -2.23. The van der Waals surface area contributed by atoms with Crippen molar-refractivity contribution in [3.8, 4) is 5.75 Å². The Hall–Kier alpha value is -0.730. The van der Waals surface area contributed by atoms with E-state index < -0.39 is 0 Å². The summed E-state index contributed by atoms with van der Waals surface area (Å²) in [6.07, 6.45) is 5.35. The average molecular weight is 269 g/mol. The number of benzene rings is 1. The van der Waals surface area contributed by atoms with E-state index in [1.165, 1.54) is 38.9 Å². The molecule has 1 heterocycles. The molecule has 0 amide bonds. The number of hydrogen-bond donors (Lipinski definition) is 1. The third-order valence-electron chi connectivity index (χ3n) is 3.63. The van der Waals surface area contributed by atoms with Crippen LogP contribution in [0.15, 0.2) is 18.2 Å². The van der Waals surface area contributed by atoms with E-state index >= 15 is 0 Å². The van der Waals surface area contributed by atoms with Gasteiger partial charge in [-0.15, -0.1) is 0 Å². The van der Waals surface area contributed by atoms with E-state index in [0.717, 1.165) is 29.4 Å². The van der Waals surface area contributed by atoms with Crippen molar-refractivity contribution in [3.63, 3.8) is 0 Å². The van der Waals surface area contributed by atoms with Crippen LogP contribution in [0.25, 0.3) is 0 Å². The van der Waals surface area contributed by atoms with Crippen molar-refractivity contribution in [2.45, 2.75) is 32.6 Å². The summed E-state index contributed by atoms with van der Waals surface area (Å²) < 4.78 is 5.81. The van der Waals surface area contributed by atoms with Crippen LogP contribution in [0.3, 0.4) is 0 Å². The number of rotatable bonds is 5. The molecule has 2 rings (SSSR count). The van der Waals surface area contributed by atoms with Crippen LogP contribution in [0.4, 0.5) is 0 Å². The lowest BCUT2D eigenvalue weighted by Crippen LogP contribution is -3.12. The van der Waals surface area contributed by atoms with E-state index in [9.17, 15) is 0 Å². The Morgan fingerprint density at radius 2 is 2.00 bits per heavy atom. The Morgan fingerprint density at radius 3 is 2.72 bits per heavy atom. The smallest absolute Gasteiger partial charge is 0.122 e. The average Bonchev–Trinajstić information content (AvgIpc) is 2.38. The van der Waals surface area contributed by atoms with E-state index in [2.05, 4.69) is 0 Å². The minimum Gasteiger partial charge on any atom is -0.493 e. The molecule has 18 heavy (non-hydrogen) atoms. The summed E-state index contributed by atoms with van der Waals surface area (Å²) >= 11 is 5.92. The lowest BCUT2D eigenvalue weighted by molar-refractivity contribution is -0.905. The van der Waals surface area contributed by atoms with Gasteiger partial charge >= 0.3 is 0 Å². The first kappa shape index (κ1) is 13.7. The van der Waals surface area contributed by atoms with Gasteiger partial charge in [-0.05, 0) is 49.9 Å². The molecule has 0 saturated carbocycles. The Labute approximate surface area is 115 Å². The van der Waals surface area contributed by atoms with Gasteiger partial charge in [0, 0.05) is 11.4 Å². The quantitative estimate of drug-likeness (QED) is 0.810. The van der Waals surface area contributed by atoms with Crippen molar-refractivity contribution in [2.24, 2.45) is 0 Å². The minimum absolute atomic E-state index is 0.776. The molecule has 0 unspecified atom stereocenters. The topological polar surface area (TPSA) is 13.7 Å². The van der Waals surface area contributed by atoms with Gasteiger partial charge in [0.15, 0.2) is 0 Å². The fourth-order valence-corrected chi connectivity index (χ4v) is 2.81. The second-order valence-electron chi connectivity index (χ2n) is 5.17. The lowest BCUT2D eigenvalue weighted by atomic mass is 10.1. The van der Waals surface area contributed by atoms with Gasteiger partial charge in [-0.2, -0.15) is 0 Å². The highest BCUT2D eigenvalue weighted by atomic mass is 35.5. The Balaban J connectivity index is 1.68. The second-order valence-corrected chi connectivity index (χ2v) is 5.61. The largest absolute Gasteiger partial charge is 0.493 e. The van der Waals surface area contributed by atoms with Crippen LogP contribution < -0.4 is 9.64 Å². The molecule has 1 fully saturated rings. The predicted octanol–water partition coefficient (Wildman–Crippen LogP) is 2.49.